The van der Waals surface area contributed by atoms with Crippen molar-refractivity contribution in [3.05, 3.63) is 77.6 Å². The molecule has 0 unspecified atom stereocenters. The maximum atomic E-state index is 12.3. The molecule has 0 aliphatic heterocycles. The number of benzene rings is 2. The summed E-state index contributed by atoms with van der Waals surface area (Å²) in [5.74, 6) is -0.441. The highest BCUT2D eigenvalue weighted by molar-refractivity contribution is 6.06. The first-order valence-electron chi connectivity index (χ1n) is 9.07. The summed E-state index contributed by atoms with van der Waals surface area (Å²) in [6, 6.07) is 13.3. The fourth-order valence-electron chi connectivity index (χ4n) is 2.71. The Hall–Kier alpha value is -4.07. The molecule has 3 aromatic rings. The molecule has 0 radical (unpaired) electrons. The highest BCUT2D eigenvalue weighted by Gasteiger charge is 2.11. The van der Waals surface area contributed by atoms with Crippen molar-refractivity contribution in [1.29, 1.82) is 0 Å². The second kappa shape index (κ2) is 9.42. The van der Waals surface area contributed by atoms with Gasteiger partial charge in [0.25, 0.3) is 0 Å². The summed E-state index contributed by atoms with van der Waals surface area (Å²) in [5.41, 5.74) is 1.66. The zero-order valence-corrected chi connectivity index (χ0v) is 16.5. The molecule has 0 aliphatic carbocycles. The van der Waals surface area contributed by atoms with Crippen LogP contribution in [0.3, 0.4) is 0 Å². The molecule has 0 saturated heterocycles. The minimum absolute atomic E-state index is 0.0167. The lowest BCUT2D eigenvalue weighted by Crippen LogP contribution is -2.11. The zero-order valence-electron chi connectivity index (χ0n) is 16.5. The summed E-state index contributed by atoms with van der Waals surface area (Å²) < 4.78 is 12.8. The van der Waals surface area contributed by atoms with Gasteiger partial charge in [0.2, 0.25) is 5.91 Å². The van der Waals surface area contributed by atoms with E-state index in [-0.39, 0.29) is 17.9 Å². The number of nitrogens with zero attached hydrogens (tertiary/aromatic N) is 2. The van der Waals surface area contributed by atoms with Crippen LogP contribution in [0.4, 0.5) is 5.69 Å². The molecule has 3 rings (SSSR count). The average molecular weight is 407 g/mol. The number of aromatic carboxylic acids is 1. The maximum Gasteiger partial charge on any atom is 0.337 e. The number of methoxy groups -OCH3 is 1. The number of para-hydroxylation sites is 1. The fraction of sp³-hybridized carbons (Fsp3) is 0.136. The van der Waals surface area contributed by atoms with E-state index in [4.69, 9.17) is 9.47 Å². The lowest BCUT2D eigenvalue weighted by Gasteiger charge is -2.10. The number of aromatic nitrogens is 2. The third-order valence-corrected chi connectivity index (χ3v) is 4.19. The largest absolute Gasteiger partial charge is 0.497 e. The smallest absolute Gasteiger partial charge is 0.337 e. The standard InChI is InChI=1S/C22H21N3O5/c1-25-12-11-16(24-25)14-30-20-13-17(29-2)9-7-15(20)8-10-21(26)23-19-6-4-3-5-18(19)22(27)28/h3-13H,14H2,1-2H3,(H,23,26)(H,27,28)/b10-8+. The lowest BCUT2D eigenvalue weighted by atomic mass is 10.1. The predicted molar refractivity (Wildman–Crippen MR) is 112 cm³/mol. The number of rotatable bonds is 8. The van der Waals surface area contributed by atoms with E-state index in [1.165, 1.54) is 18.2 Å². The van der Waals surface area contributed by atoms with Crippen molar-refractivity contribution in [2.75, 3.05) is 12.4 Å². The molecule has 0 bridgehead atoms. The third kappa shape index (κ3) is 5.26. The molecule has 0 aliphatic rings. The molecule has 1 heterocycles. The first kappa shape index (κ1) is 20.7. The first-order valence-corrected chi connectivity index (χ1v) is 9.07. The van der Waals surface area contributed by atoms with E-state index in [1.54, 1.807) is 48.2 Å². The van der Waals surface area contributed by atoms with Gasteiger partial charge in [-0.25, -0.2) is 4.79 Å². The highest BCUT2D eigenvalue weighted by Crippen LogP contribution is 2.27. The second-order valence-corrected chi connectivity index (χ2v) is 6.35. The van der Waals surface area contributed by atoms with Gasteiger partial charge in [0, 0.05) is 31.0 Å². The molecule has 30 heavy (non-hydrogen) atoms. The van der Waals surface area contributed by atoms with Gasteiger partial charge in [-0.1, -0.05) is 12.1 Å². The number of amides is 1. The molecule has 0 spiro atoms. The van der Waals surface area contributed by atoms with Crippen LogP contribution in [0.1, 0.15) is 21.6 Å². The van der Waals surface area contributed by atoms with Gasteiger partial charge in [-0.3, -0.25) is 9.48 Å². The van der Waals surface area contributed by atoms with E-state index in [0.717, 1.165) is 5.69 Å². The minimum atomic E-state index is -1.12. The van der Waals surface area contributed by atoms with Crippen molar-refractivity contribution in [2.45, 2.75) is 6.61 Å². The molecule has 8 heteroatoms. The van der Waals surface area contributed by atoms with Crippen LogP contribution in [0, 0.1) is 0 Å². The summed E-state index contributed by atoms with van der Waals surface area (Å²) in [4.78, 5) is 23.6. The first-order chi connectivity index (χ1) is 14.5. The van der Waals surface area contributed by atoms with Crippen LogP contribution in [-0.2, 0) is 18.4 Å². The van der Waals surface area contributed by atoms with E-state index >= 15 is 0 Å². The van der Waals surface area contributed by atoms with Crippen molar-refractivity contribution in [1.82, 2.24) is 9.78 Å². The van der Waals surface area contributed by atoms with Gasteiger partial charge in [-0.15, -0.1) is 0 Å². The molecule has 2 N–H and O–H groups in total. The van der Waals surface area contributed by atoms with Crippen LogP contribution in [-0.4, -0.2) is 33.9 Å². The molecule has 1 aromatic heterocycles. The number of carbonyl (C=O) groups is 2. The number of carboxylic acid groups (broad SMARTS) is 1. The van der Waals surface area contributed by atoms with Gasteiger partial charge in [-0.05, 0) is 36.4 Å². The fourth-order valence-corrected chi connectivity index (χ4v) is 2.71. The number of nitrogens with one attached hydrogen (secondary N) is 1. The molecule has 154 valence electrons. The van der Waals surface area contributed by atoms with Gasteiger partial charge >= 0.3 is 5.97 Å². The lowest BCUT2D eigenvalue weighted by molar-refractivity contribution is -0.111. The van der Waals surface area contributed by atoms with Crippen LogP contribution in [0.15, 0.2) is 60.8 Å². The Bertz CT molecular complexity index is 1090. The van der Waals surface area contributed by atoms with E-state index in [1.807, 2.05) is 19.3 Å². The number of hydrogen-bond acceptors (Lipinski definition) is 5. The van der Waals surface area contributed by atoms with Crippen LogP contribution >= 0.6 is 0 Å². The summed E-state index contributed by atoms with van der Waals surface area (Å²) in [6.45, 7) is 0.257. The summed E-state index contributed by atoms with van der Waals surface area (Å²) in [6.07, 6.45) is 4.73. The Morgan fingerprint density at radius 1 is 1.20 bits per heavy atom. The van der Waals surface area contributed by atoms with Crippen molar-refractivity contribution in [3.8, 4) is 11.5 Å². The number of hydrogen-bond donors (Lipinski definition) is 2. The molecule has 2 aromatic carbocycles. The van der Waals surface area contributed by atoms with E-state index < -0.39 is 11.9 Å². The monoisotopic (exact) mass is 407 g/mol. The number of carboxylic acids is 1. The van der Waals surface area contributed by atoms with Gasteiger partial charge in [-0.2, -0.15) is 5.10 Å². The maximum absolute atomic E-state index is 12.3. The van der Waals surface area contributed by atoms with Crippen LogP contribution in [0.2, 0.25) is 0 Å². The normalized spacial score (nSPS) is 10.7. The number of aryl methyl sites for hydroxylation is 1. The van der Waals surface area contributed by atoms with E-state index in [9.17, 15) is 14.7 Å². The van der Waals surface area contributed by atoms with Crippen molar-refractivity contribution < 1.29 is 24.2 Å². The zero-order chi connectivity index (χ0) is 21.5. The van der Waals surface area contributed by atoms with Gasteiger partial charge in [0.1, 0.15) is 18.1 Å². The highest BCUT2D eigenvalue weighted by atomic mass is 16.5. The summed E-state index contributed by atoms with van der Waals surface area (Å²) in [5, 5.41) is 16.1. The SMILES string of the molecule is COc1ccc(/C=C/C(=O)Nc2ccccc2C(=O)O)c(OCc2ccn(C)n2)c1. The van der Waals surface area contributed by atoms with Crippen LogP contribution in [0.5, 0.6) is 11.5 Å². The van der Waals surface area contributed by atoms with E-state index in [0.29, 0.717) is 17.1 Å². The number of ether oxygens (including phenoxy) is 2. The van der Waals surface area contributed by atoms with Crippen LogP contribution < -0.4 is 14.8 Å². The van der Waals surface area contributed by atoms with Gasteiger partial charge in [0.15, 0.2) is 0 Å². The summed E-state index contributed by atoms with van der Waals surface area (Å²) >= 11 is 0. The van der Waals surface area contributed by atoms with Crippen molar-refractivity contribution >= 4 is 23.6 Å². The van der Waals surface area contributed by atoms with Gasteiger partial charge < -0.3 is 19.9 Å². The predicted octanol–water partition coefficient (Wildman–Crippen LogP) is 3.36. The van der Waals surface area contributed by atoms with Crippen LogP contribution in [0.25, 0.3) is 6.08 Å². The van der Waals surface area contributed by atoms with Crippen molar-refractivity contribution in [3.63, 3.8) is 0 Å². The Morgan fingerprint density at radius 3 is 2.70 bits per heavy atom. The molecule has 0 atom stereocenters. The van der Waals surface area contributed by atoms with Gasteiger partial charge in [0.05, 0.1) is 24.1 Å². The molecule has 8 nitrogen and oxygen atoms in total. The number of carbonyl (C=O) groups excluding carboxylic acids is 1. The molecule has 0 fully saturated rings. The topological polar surface area (TPSA) is 103 Å². The Kier molecular flexibility index (Phi) is 6.49. The summed E-state index contributed by atoms with van der Waals surface area (Å²) in [7, 11) is 3.38. The molecule has 1 amide bonds. The van der Waals surface area contributed by atoms with E-state index in [2.05, 4.69) is 10.4 Å². The Morgan fingerprint density at radius 2 is 2.00 bits per heavy atom. The second-order valence-electron chi connectivity index (χ2n) is 6.35. The number of anilines is 1. The molecular weight excluding hydrogens is 386 g/mol. The molecule has 0 saturated carbocycles. The quantitative estimate of drug-likeness (QED) is 0.555. The third-order valence-electron chi connectivity index (χ3n) is 4.19. The minimum Gasteiger partial charge on any atom is -0.497 e. The Labute approximate surface area is 173 Å². The average Bonchev–Trinajstić information content (AvgIpc) is 3.16. The van der Waals surface area contributed by atoms with Crippen molar-refractivity contribution in [2.24, 2.45) is 7.05 Å². The molecular formula is C22H21N3O5. The Balaban J connectivity index is 1.75.